The van der Waals surface area contributed by atoms with Gasteiger partial charge >= 0.3 is 0 Å². The van der Waals surface area contributed by atoms with Gasteiger partial charge < -0.3 is 15.1 Å². The summed E-state index contributed by atoms with van der Waals surface area (Å²) >= 11 is 0. The zero-order valence-electron chi connectivity index (χ0n) is 15.5. The Morgan fingerprint density at radius 2 is 2.11 bits per heavy atom. The van der Waals surface area contributed by atoms with Gasteiger partial charge in [0.05, 0.1) is 12.0 Å². The molecule has 2 aliphatic rings. The van der Waals surface area contributed by atoms with Crippen LogP contribution in [-0.4, -0.2) is 35.8 Å². The molecule has 6 heteroatoms. The van der Waals surface area contributed by atoms with Crippen molar-refractivity contribution in [2.45, 2.75) is 38.9 Å². The third-order valence-corrected chi connectivity index (χ3v) is 5.61. The van der Waals surface area contributed by atoms with Crippen LogP contribution in [-0.2, 0) is 22.7 Å². The van der Waals surface area contributed by atoms with Crippen LogP contribution < -0.4 is 10.6 Å². The van der Waals surface area contributed by atoms with Gasteiger partial charge in [-0.15, -0.1) is 0 Å². The molecule has 2 aromatic rings. The standard InChI is InChI=1S/C21H25N3O3/c1-15-7-8-17(27-15)12-22-19(25)18-11-21(20(26)23-18)9-10-24(14-21)13-16-5-3-2-4-6-16/h2-8,18H,9-14H2,1H3,(H,22,25)(H,23,26)/t18-,21-/m0/s1. The summed E-state index contributed by atoms with van der Waals surface area (Å²) in [4.78, 5) is 27.5. The van der Waals surface area contributed by atoms with Crippen LogP contribution in [0.1, 0.15) is 29.9 Å². The van der Waals surface area contributed by atoms with Crippen molar-refractivity contribution in [2.24, 2.45) is 5.41 Å². The molecule has 142 valence electrons. The van der Waals surface area contributed by atoms with E-state index in [1.807, 2.05) is 37.3 Å². The molecular formula is C21H25N3O3. The second kappa shape index (κ2) is 7.19. The van der Waals surface area contributed by atoms with E-state index >= 15 is 0 Å². The Labute approximate surface area is 158 Å². The molecule has 0 aliphatic carbocycles. The van der Waals surface area contributed by atoms with E-state index in [9.17, 15) is 9.59 Å². The summed E-state index contributed by atoms with van der Waals surface area (Å²) in [6, 6.07) is 13.5. The highest BCUT2D eigenvalue weighted by molar-refractivity contribution is 5.94. The highest BCUT2D eigenvalue weighted by Crippen LogP contribution is 2.40. The predicted molar refractivity (Wildman–Crippen MR) is 101 cm³/mol. The molecule has 0 saturated carbocycles. The normalized spacial score (nSPS) is 25.1. The first-order valence-corrected chi connectivity index (χ1v) is 9.44. The molecule has 4 rings (SSSR count). The topological polar surface area (TPSA) is 74.6 Å². The van der Waals surface area contributed by atoms with Gasteiger partial charge in [-0.1, -0.05) is 30.3 Å². The number of amides is 2. The van der Waals surface area contributed by atoms with Gasteiger partial charge in [0.15, 0.2) is 0 Å². The fourth-order valence-electron chi connectivity index (χ4n) is 4.17. The largest absolute Gasteiger partial charge is 0.465 e. The van der Waals surface area contributed by atoms with Gasteiger partial charge in [-0.3, -0.25) is 14.5 Å². The van der Waals surface area contributed by atoms with Crippen LogP contribution in [0, 0.1) is 12.3 Å². The fourth-order valence-corrected chi connectivity index (χ4v) is 4.17. The van der Waals surface area contributed by atoms with E-state index < -0.39 is 11.5 Å². The Morgan fingerprint density at radius 3 is 2.85 bits per heavy atom. The van der Waals surface area contributed by atoms with Crippen molar-refractivity contribution in [2.75, 3.05) is 13.1 Å². The zero-order valence-corrected chi connectivity index (χ0v) is 15.5. The number of nitrogens with one attached hydrogen (secondary N) is 2. The lowest BCUT2D eigenvalue weighted by Gasteiger charge is -2.21. The molecule has 0 bridgehead atoms. The van der Waals surface area contributed by atoms with Gasteiger partial charge in [0.2, 0.25) is 11.8 Å². The fraction of sp³-hybridized carbons (Fsp3) is 0.429. The van der Waals surface area contributed by atoms with E-state index in [2.05, 4.69) is 27.7 Å². The third-order valence-electron chi connectivity index (χ3n) is 5.61. The van der Waals surface area contributed by atoms with Crippen LogP contribution in [0.5, 0.6) is 0 Å². The van der Waals surface area contributed by atoms with E-state index in [1.54, 1.807) is 0 Å². The molecule has 3 heterocycles. The minimum absolute atomic E-state index is 0.00653. The number of furan rings is 1. The third kappa shape index (κ3) is 3.76. The van der Waals surface area contributed by atoms with Gasteiger partial charge in [-0.2, -0.15) is 0 Å². The van der Waals surface area contributed by atoms with E-state index in [1.165, 1.54) is 5.56 Å². The molecule has 2 atom stereocenters. The maximum Gasteiger partial charge on any atom is 0.242 e. The number of hydrogen-bond acceptors (Lipinski definition) is 4. The Hall–Kier alpha value is -2.60. The Balaban J connectivity index is 1.33. The van der Waals surface area contributed by atoms with Crippen LogP contribution in [0.4, 0.5) is 0 Å². The van der Waals surface area contributed by atoms with Crippen molar-refractivity contribution in [3.63, 3.8) is 0 Å². The quantitative estimate of drug-likeness (QED) is 0.848. The molecule has 0 radical (unpaired) electrons. The summed E-state index contributed by atoms with van der Waals surface area (Å²) in [6.07, 6.45) is 1.35. The number of likely N-dealkylation sites (tertiary alicyclic amines) is 1. The van der Waals surface area contributed by atoms with E-state index in [0.717, 1.165) is 31.0 Å². The van der Waals surface area contributed by atoms with Crippen LogP contribution in [0.3, 0.4) is 0 Å². The number of benzene rings is 1. The molecular weight excluding hydrogens is 342 g/mol. The van der Waals surface area contributed by atoms with Crippen molar-refractivity contribution in [3.05, 3.63) is 59.5 Å². The summed E-state index contributed by atoms with van der Waals surface area (Å²) in [7, 11) is 0. The predicted octanol–water partition coefficient (Wildman–Crippen LogP) is 1.99. The average Bonchev–Trinajstić information content (AvgIpc) is 3.35. The number of rotatable bonds is 5. The molecule has 27 heavy (non-hydrogen) atoms. The Bertz CT molecular complexity index is 832. The minimum Gasteiger partial charge on any atom is -0.465 e. The first-order valence-electron chi connectivity index (χ1n) is 9.44. The van der Waals surface area contributed by atoms with Gasteiger partial charge in [0, 0.05) is 13.1 Å². The first kappa shape index (κ1) is 17.8. The summed E-state index contributed by atoms with van der Waals surface area (Å²) in [5.41, 5.74) is 0.800. The number of nitrogens with zero attached hydrogens (tertiary/aromatic N) is 1. The first-order chi connectivity index (χ1) is 13.0. The van der Waals surface area contributed by atoms with E-state index in [4.69, 9.17) is 4.42 Å². The zero-order chi connectivity index (χ0) is 18.9. The van der Waals surface area contributed by atoms with Gasteiger partial charge in [-0.25, -0.2) is 0 Å². The monoisotopic (exact) mass is 367 g/mol. The van der Waals surface area contributed by atoms with Crippen LogP contribution in [0.25, 0.3) is 0 Å². The second-order valence-corrected chi connectivity index (χ2v) is 7.69. The summed E-state index contributed by atoms with van der Waals surface area (Å²) in [6.45, 7) is 4.63. The van der Waals surface area contributed by atoms with Crippen molar-refractivity contribution < 1.29 is 14.0 Å². The highest BCUT2D eigenvalue weighted by atomic mass is 16.3. The lowest BCUT2D eigenvalue weighted by atomic mass is 9.84. The summed E-state index contributed by atoms with van der Waals surface area (Å²) in [5, 5.41) is 5.78. The molecule has 1 aromatic carbocycles. The van der Waals surface area contributed by atoms with Gasteiger partial charge in [0.25, 0.3) is 0 Å². The van der Waals surface area contributed by atoms with Crippen molar-refractivity contribution >= 4 is 11.8 Å². The minimum atomic E-state index is -0.467. The molecule has 6 nitrogen and oxygen atoms in total. The van der Waals surface area contributed by atoms with E-state index in [-0.39, 0.29) is 11.8 Å². The van der Waals surface area contributed by atoms with Crippen LogP contribution in [0.2, 0.25) is 0 Å². The van der Waals surface area contributed by atoms with Gasteiger partial charge in [0.1, 0.15) is 17.6 Å². The molecule has 1 spiro atoms. The smallest absolute Gasteiger partial charge is 0.242 e. The van der Waals surface area contributed by atoms with E-state index in [0.29, 0.717) is 19.5 Å². The molecule has 2 aliphatic heterocycles. The molecule has 2 fully saturated rings. The molecule has 2 saturated heterocycles. The van der Waals surface area contributed by atoms with Gasteiger partial charge in [-0.05, 0) is 44.0 Å². The lowest BCUT2D eigenvalue weighted by molar-refractivity contribution is -0.128. The number of aryl methyl sites for hydroxylation is 1. The lowest BCUT2D eigenvalue weighted by Crippen LogP contribution is -2.41. The summed E-state index contributed by atoms with van der Waals surface area (Å²) < 4.78 is 5.47. The molecule has 0 unspecified atom stereocenters. The molecule has 2 N–H and O–H groups in total. The van der Waals surface area contributed by atoms with Crippen molar-refractivity contribution in [3.8, 4) is 0 Å². The number of carbonyl (C=O) groups is 2. The highest BCUT2D eigenvalue weighted by Gasteiger charge is 2.52. The van der Waals surface area contributed by atoms with Crippen LogP contribution >= 0.6 is 0 Å². The van der Waals surface area contributed by atoms with Crippen LogP contribution in [0.15, 0.2) is 46.9 Å². The second-order valence-electron chi connectivity index (χ2n) is 7.69. The van der Waals surface area contributed by atoms with Crippen molar-refractivity contribution in [1.82, 2.24) is 15.5 Å². The average molecular weight is 367 g/mol. The number of carbonyl (C=O) groups excluding carboxylic acids is 2. The van der Waals surface area contributed by atoms with Crippen molar-refractivity contribution in [1.29, 1.82) is 0 Å². The SMILES string of the molecule is Cc1ccc(CNC(=O)[C@@H]2C[C@]3(CCN(Cc4ccccc4)C3)C(=O)N2)o1. The maximum atomic E-state index is 12.7. The molecule has 2 amide bonds. The Morgan fingerprint density at radius 1 is 1.30 bits per heavy atom. The maximum absolute atomic E-state index is 12.7. The summed E-state index contributed by atoms with van der Waals surface area (Å²) in [5.74, 6) is 1.40. The number of hydrogen-bond donors (Lipinski definition) is 2. The Kier molecular flexibility index (Phi) is 4.74. The molecule has 1 aromatic heterocycles.